The van der Waals surface area contributed by atoms with Gasteiger partial charge in [0.05, 0.1) is 5.02 Å². The van der Waals surface area contributed by atoms with E-state index in [1.165, 1.54) is 6.07 Å². The molecule has 0 aliphatic rings. The molecule has 0 aliphatic carbocycles. The van der Waals surface area contributed by atoms with Gasteiger partial charge in [-0.05, 0) is 17.5 Å². The van der Waals surface area contributed by atoms with Crippen molar-refractivity contribution >= 4 is 40.4 Å². The van der Waals surface area contributed by atoms with Crippen LogP contribution in [0, 0.1) is 0 Å². The number of ether oxygens (including phenoxy) is 1. The van der Waals surface area contributed by atoms with Crippen molar-refractivity contribution in [3.05, 3.63) is 38.5 Å². The average Bonchev–Trinajstić information content (AvgIpc) is 2.74. The Balaban J connectivity index is 2.12. The number of thiophene rings is 1. The van der Waals surface area contributed by atoms with E-state index in [1.807, 2.05) is 17.5 Å². The van der Waals surface area contributed by atoms with E-state index in [4.69, 9.17) is 33.7 Å². The Morgan fingerprint density at radius 1 is 1.38 bits per heavy atom. The lowest BCUT2D eigenvalue weighted by Gasteiger charge is -2.07. The van der Waals surface area contributed by atoms with Gasteiger partial charge in [-0.1, -0.05) is 29.3 Å². The van der Waals surface area contributed by atoms with Crippen LogP contribution in [0.3, 0.4) is 0 Å². The molecular weight excluding hydrogens is 267 g/mol. The largest absolute Gasteiger partial charge is 0.471 e. The topological polar surface area (TPSA) is 48.1 Å². The third-order valence-electron chi connectivity index (χ3n) is 1.86. The van der Waals surface area contributed by atoms with Gasteiger partial charge in [0, 0.05) is 4.88 Å². The number of rotatable bonds is 3. The van der Waals surface area contributed by atoms with E-state index in [2.05, 4.69) is 4.98 Å². The summed E-state index contributed by atoms with van der Waals surface area (Å²) >= 11 is 13.3. The van der Waals surface area contributed by atoms with Crippen LogP contribution in [0.1, 0.15) is 4.88 Å². The number of hydrogen-bond donors (Lipinski definition) is 1. The molecule has 2 N–H and O–H groups in total. The predicted molar refractivity (Wildman–Crippen MR) is 67.3 cm³/mol. The summed E-state index contributed by atoms with van der Waals surface area (Å²) in [6.45, 7) is 0.422. The predicted octanol–water partition coefficient (Wildman–Crippen LogP) is 3.61. The van der Waals surface area contributed by atoms with Gasteiger partial charge in [0.25, 0.3) is 0 Å². The van der Waals surface area contributed by atoms with Gasteiger partial charge in [0.1, 0.15) is 17.4 Å². The number of anilines is 1. The van der Waals surface area contributed by atoms with Gasteiger partial charge in [0.15, 0.2) is 0 Å². The van der Waals surface area contributed by atoms with Gasteiger partial charge in [0.2, 0.25) is 5.88 Å². The molecule has 0 aliphatic heterocycles. The molecule has 0 saturated carbocycles. The molecule has 0 amide bonds. The normalized spacial score (nSPS) is 10.4. The first kappa shape index (κ1) is 11.5. The van der Waals surface area contributed by atoms with E-state index >= 15 is 0 Å². The molecule has 2 rings (SSSR count). The number of aromatic nitrogens is 1. The second-order valence-corrected chi connectivity index (χ2v) is 4.86. The summed E-state index contributed by atoms with van der Waals surface area (Å²) in [6, 6.07) is 5.45. The van der Waals surface area contributed by atoms with E-state index in [0.717, 1.165) is 4.88 Å². The van der Waals surface area contributed by atoms with Gasteiger partial charge in [-0.2, -0.15) is 4.98 Å². The van der Waals surface area contributed by atoms with Gasteiger partial charge >= 0.3 is 0 Å². The summed E-state index contributed by atoms with van der Waals surface area (Å²) in [5.41, 5.74) is 5.56. The van der Waals surface area contributed by atoms with Crippen LogP contribution in [-0.2, 0) is 6.61 Å². The van der Waals surface area contributed by atoms with E-state index in [1.54, 1.807) is 11.3 Å². The van der Waals surface area contributed by atoms with E-state index in [9.17, 15) is 0 Å². The molecule has 0 atom stereocenters. The van der Waals surface area contributed by atoms with Crippen LogP contribution in [-0.4, -0.2) is 4.98 Å². The number of halogens is 2. The lowest BCUT2D eigenvalue weighted by atomic mass is 10.4. The second kappa shape index (κ2) is 4.91. The molecule has 0 radical (unpaired) electrons. The highest BCUT2D eigenvalue weighted by atomic mass is 35.5. The van der Waals surface area contributed by atoms with Crippen LogP contribution in [0.15, 0.2) is 23.6 Å². The maximum atomic E-state index is 5.92. The SMILES string of the molecule is Nc1nc(OCc2cccs2)c(Cl)cc1Cl. The molecule has 6 heteroatoms. The van der Waals surface area contributed by atoms with Crippen LogP contribution in [0.2, 0.25) is 10.0 Å². The lowest BCUT2D eigenvalue weighted by Crippen LogP contribution is -1.99. The highest BCUT2D eigenvalue weighted by molar-refractivity contribution is 7.09. The first-order chi connectivity index (χ1) is 7.66. The average molecular weight is 275 g/mol. The smallest absolute Gasteiger partial charge is 0.235 e. The minimum atomic E-state index is 0.215. The maximum Gasteiger partial charge on any atom is 0.235 e. The highest BCUT2D eigenvalue weighted by Crippen LogP contribution is 2.29. The first-order valence-electron chi connectivity index (χ1n) is 4.43. The first-order valence-corrected chi connectivity index (χ1v) is 6.07. The van der Waals surface area contributed by atoms with Gasteiger partial charge in [-0.3, -0.25) is 0 Å². The number of hydrogen-bond acceptors (Lipinski definition) is 4. The Bertz CT molecular complexity index is 488. The molecule has 0 spiro atoms. The zero-order valence-electron chi connectivity index (χ0n) is 8.11. The molecule has 0 saturated heterocycles. The Morgan fingerprint density at radius 3 is 2.88 bits per heavy atom. The van der Waals surface area contributed by atoms with E-state index in [-0.39, 0.29) is 5.82 Å². The summed E-state index contributed by atoms with van der Waals surface area (Å²) in [4.78, 5) is 5.06. The highest BCUT2D eigenvalue weighted by Gasteiger charge is 2.08. The summed E-state index contributed by atoms with van der Waals surface area (Å²) in [5, 5.41) is 2.66. The number of nitrogen functional groups attached to an aromatic ring is 1. The molecule has 0 aromatic carbocycles. The Hall–Kier alpha value is -0.970. The molecule has 0 bridgehead atoms. The minimum absolute atomic E-state index is 0.215. The zero-order valence-corrected chi connectivity index (χ0v) is 10.4. The van der Waals surface area contributed by atoms with Crippen LogP contribution in [0.4, 0.5) is 5.82 Å². The number of nitrogens with two attached hydrogens (primary N) is 1. The Labute approximate surface area is 107 Å². The zero-order chi connectivity index (χ0) is 11.5. The summed E-state index contributed by atoms with van der Waals surface area (Å²) in [7, 11) is 0. The Morgan fingerprint density at radius 2 is 2.19 bits per heavy atom. The number of nitrogens with zero attached hydrogens (tertiary/aromatic N) is 1. The van der Waals surface area contributed by atoms with Crippen molar-refractivity contribution in [2.24, 2.45) is 0 Å². The fraction of sp³-hybridized carbons (Fsp3) is 0.100. The standard InChI is InChI=1S/C10H8Cl2N2OS/c11-7-4-8(12)10(14-9(7)13)15-5-6-2-1-3-16-6/h1-4H,5H2,(H2,13,14). The van der Waals surface area contributed by atoms with Crippen molar-refractivity contribution < 1.29 is 4.74 Å². The quantitative estimate of drug-likeness (QED) is 0.930. The molecule has 2 aromatic heterocycles. The fourth-order valence-electron chi connectivity index (χ4n) is 1.10. The molecule has 2 aromatic rings. The van der Waals surface area contributed by atoms with Crippen molar-refractivity contribution in [3.63, 3.8) is 0 Å². The van der Waals surface area contributed by atoms with Crippen LogP contribution < -0.4 is 10.5 Å². The minimum Gasteiger partial charge on any atom is -0.471 e. The van der Waals surface area contributed by atoms with Crippen molar-refractivity contribution in [2.45, 2.75) is 6.61 Å². The van der Waals surface area contributed by atoms with Crippen molar-refractivity contribution in [1.82, 2.24) is 4.98 Å². The Kier molecular flexibility index (Phi) is 3.53. The second-order valence-electron chi connectivity index (χ2n) is 3.01. The summed E-state index contributed by atoms with van der Waals surface area (Å²) in [6.07, 6.45) is 0. The van der Waals surface area contributed by atoms with Crippen LogP contribution in [0.25, 0.3) is 0 Å². The third-order valence-corrected chi connectivity index (χ3v) is 3.28. The molecule has 0 unspecified atom stereocenters. The molecular formula is C10H8Cl2N2OS. The molecule has 0 fully saturated rings. The van der Waals surface area contributed by atoms with Crippen molar-refractivity contribution in [3.8, 4) is 5.88 Å². The van der Waals surface area contributed by atoms with Gasteiger partial charge in [-0.15, -0.1) is 11.3 Å². The van der Waals surface area contributed by atoms with E-state index < -0.39 is 0 Å². The number of pyridine rings is 1. The monoisotopic (exact) mass is 274 g/mol. The summed E-state index contributed by atoms with van der Waals surface area (Å²) in [5.74, 6) is 0.518. The van der Waals surface area contributed by atoms with Gasteiger partial charge in [-0.25, -0.2) is 0 Å². The fourth-order valence-corrected chi connectivity index (χ4v) is 2.13. The van der Waals surface area contributed by atoms with Crippen LogP contribution in [0.5, 0.6) is 5.88 Å². The lowest BCUT2D eigenvalue weighted by molar-refractivity contribution is 0.298. The molecule has 84 valence electrons. The van der Waals surface area contributed by atoms with Crippen molar-refractivity contribution in [2.75, 3.05) is 5.73 Å². The molecule has 16 heavy (non-hydrogen) atoms. The molecule has 3 nitrogen and oxygen atoms in total. The maximum absolute atomic E-state index is 5.92. The van der Waals surface area contributed by atoms with E-state index in [0.29, 0.717) is 22.5 Å². The summed E-state index contributed by atoms with van der Waals surface area (Å²) < 4.78 is 5.45. The van der Waals surface area contributed by atoms with Crippen LogP contribution >= 0.6 is 34.5 Å². The van der Waals surface area contributed by atoms with Gasteiger partial charge < -0.3 is 10.5 Å². The molecule has 2 heterocycles. The third kappa shape index (κ3) is 2.58. The van der Waals surface area contributed by atoms with Crippen molar-refractivity contribution in [1.29, 1.82) is 0 Å².